The number of hydrogen-bond acceptors (Lipinski definition) is 3. The van der Waals surface area contributed by atoms with Crippen LogP contribution in [0.2, 0.25) is 0 Å². The Kier molecular flexibility index (Phi) is 2.41. The van der Waals surface area contributed by atoms with Gasteiger partial charge in [-0.25, -0.2) is 4.39 Å². The zero-order chi connectivity index (χ0) is 10.9. The van der Waals surface area contributed by atoms with Gasteiger partial charge < -0.3 is 16.2 Å². The van der Waals surface area contributed by atoms with E-state index < -0.39 is 17.9 Å². The average Bonchev–Trinajstić information content (AvgIpc) is 1.97. The first-order chi connectivity index (χ1) is 6.29. The Morgan fingerprint density at radius 3 is 2.14 bits per heavy atom. The molecule has 0 saturated heterocycles. The third-order valence-corrected chi connectivity index (χ3v) is 1.35. The summed E-state index contributed by atoms with van der Waals surface area (Å²) in [6, 6.07) is 1.34. The van der Waals surface area contributed by atoms with Crippen LogP contribution in [0.5, 0.6) is 5.75 Å². The Bertz CT molecular complexity index is 350. The highest BCUT2D eigenvalue weighted by atomic mass is 19.4. The summed E-state index contributed by atoms with van der Waals surface area (Å²) in [5.74, 6) is -1.82. The second-order valence-corrected chi connectivity index (χ2v) is 2.46. The van der Waals surface area contributed by atoms with Crippen LogP contribution in [0.4, 0.5) is 28.9 Å². The predicted molar refractivity (Wildman–Crippen MR) is 41.9 cm³/mol. The minimum atomic E-state index is -4.91. The Labute approximate surface area is 76.3 Å². The highest BCUT2D eigenvalue weighted by Gasteiger charge is 2.32. The van der Waals surface area contributed by atoms with Gasteiger partial charge in [-0.15, -0.1) is 13.2 Å². The van der Waals surface area contributed by atoms with Crippen LogP contribution in [-0.2, 0) is 0 Å². The number of ether oxygens (including phenoxy) is 1. The molecule has 0 aromatic heterocycles. The molecule has 78 valence electrons. The topological polar surface area (TPSA) is 61.3 Å². The van der Waals surface area contributed by atoms with Gasteiger partial charge in [0.1, 0.15) is 5.82 Å². The maximum Gasteiger partial charge on any atom is 0.573 e. The number of halogens is 4. The quantitative estimate of drug-likeness (QED) is 0.549. The van der Waals surface area contributed by atoms with Crippen LogP contribution in [0.1, 0.15) is 0 Å². The standard InChI is InChI=1S/C7H6F4N2O/c8-3-1-6(14-7(9,10)11)5(13)2-4(3)12/h1-2H,12-13H2. The average molecular weight is 210 g/mol. The van der Waals surface area contributed by atoms with Crippen LogP contribution in [0.3, 0.4) is 0 Å². The number of nitrogens with two attached hydrogens (primary N) is 2. The van der Waals surface area contributed by atoms with E-state index in [9.17, 15) is 17.6 Å². The first-order valence-electron chi connectivity index (χ1n) is 3.40. The second-order valence-electron chi connectivity index (χ2n) is 2.46. The maximum atomic E-state index is 12.7. The number of anilines is 2. The fourth-order valence-electron chi connectivity index (χ4n) is 0.802. The second kappa shape index (κ2) is 3.24. The van der Waals surface area contributed by atoms with Crippen molar-refractivity contribution in [2.75, 3.05) is 11.5 Å². The minimum absolute atomic E-state index is 0.336. The highest BCUT2D eigenvalue weighted by molar-refractivity contribution is 5.61. The van der Waals surface area contributed by atoms with Crippen molar-refractivity contribution in [1.29, 1.82) is 0 Å². The number of hydrogen-bond donors (Lipinski definition) is 2. The van der Waals surface area contributed by atoms with Crippen LogP contribution >= 0.6 is 0 Å². The molecule has 14 heavy (non-hydrogen) atoms. The lowest BCUT2D eigenvalue weighted by atomic mass is 10.2. The maximum absolute atomic E-state index is 12.7. The van der Waals surface area contributed by atoms with E-state index in [0.29, 0.717) is 6.07 Å². The van der Waals surface area contributed by atoms with Crippen molar-refractivity contribution in [2.45, 2.75) is 6.36 Å². The van der Waals surface area contributed by atoms with Crippen molar-refractivity contribution in [3.8, 4) is 5.75 Å². The molecule has 0 bridgehead atoms. The molecule has 1 rings (SSSR count). The van der Waals surface area contributed by atoms with Gasteiger partial charge in [-0.3, -0.25) is 0 Å². The number of benzene rings is 1. The fraction of sp³-hybridized carbons (Fsp3) is 0.143. The predicted octanol–water partition coefficient (Wildman–Crippen LogP) is 1.89. The lowest BCUT2D eigenvalue weighted by Crippen LogP contribution is -2.18. The summed E-state index contributed by atoms with van der Waals surface area (Å²) in [6.07, 6.45) is -4.91. The van der Waals surface area contributed by atoms with Crippen molar-refractivity contribution < 1.29 is 22.3 Å². The lowest BCUT2D eigenvalue weighted by Gasteiger charge is -2.11. The van der Waals surface area contributed by atoms with Crippen LogP contribution in [0, 0.1) is 5.82 Å². The molecule has 4 N–H and O–H groups in total. The van der Waals surface area contributed by atoms with E-state index in [-0.39, 0.29) is 11.4 Å². The summed E-state index contributed by atoms with van der Waals surface area (Å²) in [7, 11) is 0. The summed E-state index contributed by atoms with van der Waals surface area (Å²) in [5, 5.41) is 0. The molecule has 0 fully saturated rings. The molecule has 0 saturated carbocycles. The van der Waals surface area contributed by atoms with E-state index in [1.807, 2.05) is 0 Å². The van der Waals surface area contributed by atoms with Gasteiger partial charge in [0.15, 0.2) is 5.75 Å². The molecular formula is C7H6F4N2O. The van der Waals surface area contributed by atoms with E-state index in [1.165, 1.54) is 0 Å². The number of alkyl halides is 3. The third-order valence-electron chi connectivity index (χ3n) is 1.35. The van der Waals surface area contributed by atoms with Gasteiger partial charge >= 0.3 is 6.36 Å². The van der Waals surface area contributed by atoms with E-state index >= 15 is 0 Å². The summed E-state index contributed by atoms with van der Waals surface area (Å²) in [6.45, 7) is 0. The first kappa shape index (κ1) is 10.4. The van der Waals surface area contributed by atoms with E-state index in [2.05, 4.69) is 4.74 Å². The van der Waals surface area contributed by atoms with Gasteiger partial charge in [-0.1, -0.05) is 0 Å². The first-order valence-corrected chi connectivity index (χ1v) is 3.40. The fourth-order valence-corrected chi connectivity index (χ4v) is 0.802. The van der Waals surface area contributed by atoms with Gasteiger partial charge in [0.05, 0.1) is 11.4 Å². The van der Waals surface area contributed by atoms with Gasteiger partial charge in [0, 0.05) is 6.07 Å². The molecule has 0 aliphatic rings. The van der Waals surface area contributed by atoms with Crippen LogP contribution in [-0.4, -0.2) is 6.36 Å². The van der Waals surface area contributed by atoms with Gasteiger partial charge in [0.2, 0.25) is 0 Å². The SMILES string of the molecule is Nc1cc(N)c(OC(F)(F)F)cc1F. The molecular weight excluding hydrogens is 204 g/mol. The van der Waals surface area contributed by atoms with E-state index in [0.717, 1.165) is 6.07 Å². The van der Waals surface area contributed by atoms with Crippen LogP contribution in [0.25, 0.3) is 0 Å². The largest absolute Gasteiger partial charge is 0.573 e. The number of rotatable bonds is 1. The Balaban J connectivity index is 3.04. The monoisotopic (exact) mass is 210 g/mol. The Morgan fingerprint density at radius 1 is 1.07 bits per heavy atom. The molecule has 0 unspecified atom stereocenters. The van der Waals surface area contributed by atoms with E-state index in [4.69, 9.17) is 11.5 Å². The number of nitrogen functional groups attached to an aromatic ring is 2. The van der Waals surface area contributed by atoms with Gasteiger partial charge in [-0.2, -0.15) is 0 Å². The molecule has 1 aromatic carbocycles. The molecule has 1 aromatic rings. The molecule has 0 spiro atoms. The van der Waals surface area contributed by atoms with Gasteiger partial charge in [-0.05, 0) is 6.07 Å². The van der Waals surface area contributed by atoms with E-state index in [1.54, 1.807) is 0 Å². The van der Waals surface area contributed by atoms with Crippen LogP contribution < -0.4 is 16.2 Å². The van der Waals surface area contributed by atoms with Crippen LogP contribution in [0.15, 0.2) is 12.1 Å². The van der Waals surface area contributed by atoms with Crippen molar-refractivity contribution in [1.82, 2.24) is 0 Å². The molecule has 0 atom stereocenters. The van der Waals surface area contributed by atoms with Crippen molar-refractivity contribution in [3.05, 3.63) is 17.9 Å². The molecule has 0 radical (unpaired) electrons. The zero-order valence-corrected chi connectivity index (χ0v) is 6.73. The molecule has 3 nitrogen and oxygen atoms in total. The van der Waals surface area contributed by atoms with Crippen molar-refractivity contribution in [3.63, 3.8) is 0 Å². The summed E-state index contributed by atoms with van der Waals surface area (Å²) >= 11 is 0. The zero-order valence-electron chi connectivity index (χ0n) is 6.73. The summed E-state index contributed by atoms with van der Waals surface area (Å²) < 4.78 is 51.3. The van der Waals surface area contributed by atoms with Crippen molar-refractivity contribution >= 4 is 11.4 Å². The highest BCUT2D eigenvalue weighted by Crippen LogP contribution is 2.31. The summed E-state index contributed by atoms with van der Waals surface area (Å²) in [5.41, 5.74) is 9.48. The minimum Gasteiger partial charge on any atom is -0.403 e. The van der Waals surface area contributed by atoms with Crippen molar-refractivity contribution in [2.24, 2.45) is 0 Å². The molecule has 0 aliphatic carbocycles. The Hall–Kier alpha value is -1.66. The lowest BCUT2D eigenvalue weighted by molar-refractivity contribution is -0.274. The Morgan fingerprint density at radius 2 is 1.64 bits per heavy atom. The summed E-state index contributed by atoms with van der Waals surface area (Å²) in [4.78, 5) is 0. The third kappa shape index (κ3) is 2.41. The van der Waals surface area contributed by atoms with Gasteiger partial charge in [0.25, 0.3) is 0 Å². The molecule has 0 heterocycles. The smallest absolute Gasteiger partial charge is 0.403 e. The molecule has 7 heteroatoms. The normalized spacial score (nSPS) is 11.4. The molecule has 0 aliphatic heterocycles. The molecule has 0 amide bonds.